The standard InChI is InChI=1S/C32H40ClN3O5S/c1-21(37)34-28-7-3-2-4-15-42(39,40)35-31(38)23-9-13-30-29(17-23)36(18-24-8-11-26(24)28)19-32(20-41-30)14-5-6-22-16-25(33)10-12-27(22)32/h9-10,12-13,16-17,24,26,28H,2-8,11,14-15,18-20H2,1H3,(H,34,37)(H,35,38)/t24-,26+,28+,32-/m0/s1. The number of aryl methyl sites for hydroxylation is 1. The molecule has 0 aromatic heterocycles. The van der Waals surface area contributed by atoms with Gasteiger partial charge in [0.15, 0.2) is 0 Å². The highest BCUT2D eigenvalue weighted by Crippen LogP contribution is 2.47. The summed E-state index contributed by atoms with van der Waals surface area (Å²) in [7, 11) is -3.77. The first kappa shape index (κ1) is 29.3. The summed E-state index contributed by atoms with van der Waals surface area (Å²) in [6.45, 7) is 3.56. The van der Waals surface area contributed by atoms with E-state index < -0.39 is 15.9 Å². The summed E-state index contributed by atoms with van der Waals surface area (Å²) in [5, 5.41) is 3.96. The van der Waals surface area contributed by atoms with Gasteiger partial charge in [-0.1, -0.05) is 30.5 Å². The SMILES string of the molecule is CC(=O)N[C@@H]1CCCCCS(=O)(=O)NC(=O)c2ccc3c(c2)N(C[C@@H]2CC[C@H]21)C[C@@]1(CCCc2cc(Cl)ccc21)CO3. The fraction of sp³-hybridized carbons (Fsp3) is 0.562. The largest absolute Gasteiger partial charge is 0.490 e. The van der Waals surface area contributed by atoms with E-state index in [0.29, 0.717) is 42.7 Å². The van der Waals surface area contributed by atoms with Crippen LogP contribution >= 0.6 is 11.6 Å². The molecule has 1 spiro atoms. The summed E-state index contributed by atoms with van der Waals surface area (Å²) in [4.78, 5) is 27.7. The first-order valence-corrected chi connectivity index (χ1v) is 17.3. The molecular weight excluding hydrogens is 574 g/mol. The molecule has 2 N–H and O–H groups in total. The van der Waals surface area contributed by atoms with E-state index in [0.717, 1.165) is 68.6 Å². The molecule has 2 amide bonds. The van der Waals surface area contributed by atoms with Gasteiger partial charge in [0, 0.05) is 42.1 Å². The molecule has 10 heteroatoms. The van der Waals surface area contributed by atoms with Crippen molar-refractivity contribution in [1.29, 1.82) is 0 Å². The third-order valence-electron chi connectivity index (χ3n) is 9.81. The number of nitrogens with zero attached hydrogens (tertiary/aromatic N) is 1. The molecule has 2 heterocycles. The first-order valence-electron chi connectivity index (χ1n) is 15.3. The number of amides is 2. The highest BCUT2D eigenvalue weighted by Gasteiger charge is 2.44. The first-order chi connectivity index (χ1) is 20.1. The molecule has 226 valence electrons. The number of fused-ring (bicyclic) bond motifs is 4. The van der Waals surface area contributed by atoms with Gasteiger partial charge in [-0.05, 0) is 98.2 Å². The Morgan fingerprint density at radius 1 is 1.10 bits per heavy atom. The molecule has 4 aliphatic rings. The summed E-state index contributed by atoms with van der Waals surface area (Å²) in [6, 6.07) is 11.5. The topological polar surface area (TPSA) is 105 Å². The lowest BCUT2D eigenvalue weighted by molar-refractivity contribution is -0.120. The second kappa shape index (κ2) is 11.7. The van der Waals surface area contributed by atoms with Gasteiger partial charge >= 0.3 is 0 Å². The number of carbonyl (C=O) groups is 2. The van der Waals surface area contributed by atoms with Crippen LogP contribution < -0.4 is 19.7 Å². The average Bonchev–Trinajstić information content (AvgIpc) is 3.06. The minimum absolute atomic E-state index is 0.0278. The van der Waals surface area contributed by atoms with Gasteiger partial charge in [-0.2, -0.15) is 0 Å². The minimum Gasteiger partial charge on any atom is -0.490 e. The molecule has 6 rings (SSSR count). The van der Waals surface area contributed by atoms with E-state index in [9.17, 15) is 18.0 Å². The molecule has 1 fully saturated rings. The molecule has 2 aliphatic carbocycles. The van der Waals surface area contributed by atoms with Crippen molar-refractivity contribution in [2.24, 2.45) is 11.8 Å². The Morgan fingerprint density at radius 3 is 2.74 bits per heavy atom. The average molecular weight is 614 g/mol. The van der Waals surface area contributed by atoms with Crippen molar-refractivity contribution in [3.8, 4) is 5.75 Å². The highest BCUT2D eigenvalue weighted by molar-refractivity contribution is 7.90. The molecule has 2 aliphatic heterocycles. The van der Waals surface area contributed by atoms with Gasteiger partial charge in [-0.25, -0.2) is 13.1 Å². The molecule has 0 radical (unpaired) electrons. The van der Waals surface area contributed by atoms with Crippen LogP contribution in [0, 0.1) is 11.8 Å². The lowest BCUT2D eigenvalue weighted by atomic mass is 9.67. The Labute approximate surface area is 253 Å². The zero-order valence-corrected chi connectivity index (χ0v) is 25.7. The molecule has 0 saturated heterocycles. The molecule has 2 aromatic carbocycles. The van der Waals surface area contributed by atoms with Crippen molar-refractivity contribution in [3.05, 3.63) is 58.1 Å². The van der Waals surface area contributed by atoms with Crippen LogP contribution in [-0.4, -0.2) is 51.7 Å². The molecule has 2 aromatic rings. The Hall–Kier alpha value is -2.78. The number of halogens is 1. The maximum atomic E-state index is 13.2. The molecule has 4 atom stereocenters. The second-order valence-electron chi connectivity index (χ2n) is 12.7. The van der Waals surface area contributed by atoms with Crippen molar-refractivity contribution in [2.75, 3.05) is 30.3 Å². The normalized spacial score (nSPS) is 29.1. The van der Waals surface area contributed by atoms with Crippen molar-refractivity contribution in [2.45, 2.75) is 76.2 Å². The van der Waals surface area contributed by atoms with Gasteiger partial charge in [-0.3, -0.25) is 9.59 Å². The van der Waals surface area contributed by atoms with Crippen molar-refractivity contribution in [1.82, 2.24) is 10.0 Å². The Morgan fingerprint density at radius 2 is 1.95 bits per heavy atom. The van der Waals surface area contributed by atoms with Crippen LogP contribution in [0.2, 0.25) is 5.02 Å². The van der Waals surface area contributed by atoms with Crippen LogP contribution in [-0.2, 0) is 26.7 Å². The van der Waals surface area contributed by atoms with Crippen molar-refractivity contribution in [3.63, 3.8) is 0 Å². The number of ether oxygens (including phenoxy) is 1. The number of sulfonamides is 1. The van der Waals surface area contributed by atoms with Crippen molar-refractivity contribution >= 4 is 39.1 Å². The third-order valence-corrected chi connectivity index (χ3v) is 11.4. The smallest absolute Gasteiger partial charge is 0.264 e. The number of hydrogen-bond donors (Lipinski definition) is 2. The Bertz CT molecular complexity index is 1480. The van der Waals surface area contributed by atoms with E-state index >= 15 is 0 Å². The van der Waals surface area contributed by atoms with Gasteiger partial charge < -0.3 is 15.0 Å². The maximum Gasteiger partial charge on any atom is 0.264 e. The summed E-state index contributed by atoms with van der Waals surface area (Å²) < 4.78 is 34.3. The summed E-state index contributed by atoms with van der Waals surface area (Å²) in [5.74, 6) is 0.667. The molecule has 42 heavy (non-hydrogen) atoms. The van der Waals surface area contributed by atoms with E-state index in [-0.39, 0.29) is 23.1 Å². The highest BCUT2D eigenvalue weighted by atomic mass is 35.5. The van der Waals surface area contributed by atoms with Gasteiger partial charge in [-0.15, -0.1) is 0 Å². The number of hydrogen-bond acceptors (Lipinski definition) is 6. The molecule has 0 unspecified atom stereocenters. The predicted molar refractivity (Wildman–Crippen MR) is 164 cm³/mol. The van der Waals surface area contributed by atoms with Gasteiger partial charge in [0.05, 0.1) is 18.0 Å². The predicted octanol–water partition coefficient (Wildman–Crippen LogP) is 4.98. The van der Waals surface area contributed by atoms with Crippen LogP contribution in [0.3, 0.4) is 0 Å². The number of nitrogens with one attached hydrogen (secondary N) is 2. The third kappa shape index (κ3) is 6.00. The number of rotatable bonds is 1. The Kier molecular flexibility index (Phi) is 8.17. The van der Waals surface area contributed by atoms with E-state index in [1.54, 1.807) is 25.1 Å². The van der Waals surface area contributed by atoms with Gasteiger partial charge in [0.2, 0.25) is 15.9 Å². The fourth-order valence-electron chi connectivity index (χ4n) is 7.63. The van der Waals surface area contributed by atoms with Crippen molar-refractivity contribution < 1.29 is 22.7 Å². The van der Waals surface area contributed by atoms with Gasteiger partial charge in [0.25, 0.3) is 5.91 Å². The van der Waals surface area contributed by atoms with Crippen LogP contribution in [0.4, 0.5) is 5.69 Å². The fourth-order valence-corrected chi connectivity index (χ4v) is 8.91. The zero-order valence-electron chi connectivity index (χ0n) is 24.2. The lowest BCUT2D eigenvalue weighted by Crippen LogP contribution is -2.52. The Balaban J connectivity index is 1.41. The summed E-state index contributed by atoms with van der Waals surface area (Å²) >= 11 is 6.40. The number of anilines is 1. The van der Waals surface area contributed by atoms with E-state index in [1.165, 1.54) is 11.1 Å². The maximum absolute atomic E-state index is 13.2. The monoisotopic (exact) mass is 613 g/mol. The molecule has 1 saturated carbocycles. The second-order valence-corrected chi connectivity index (χ2v) is 15.0. The van der Waals surface area contributed by atoms with Crippen LogP contribution in [0.5, 0.6) is 5.75 Å². The van der Waals surface area contributed by atoms with E-state index in [4.69, 9.17) is 16.3 Å². The quantitative estimate of drug-likeness (QED) is 0.470. The minimum atomic E-state index is -3.77. The molecule has 8 nitrogen and oxygen atoms in total. The summed E-state index contributed by atoms with van der Waals surface area (Å²) in [6.07, 6.45) is 7.92. The van der Waals surface area contributed by atoms with Crippen LogP contribution in [0.1, 0.15) is 79.8 Å². The number of carbonyl (C=O) groups excluding carboxylic acids is 2. The summed E-state index contributed by atoms with van der Waals surface area (Å²) in [5.41, 5.74) is 3.39. The van der Waals surface area contributed by atoms with E-state index in [1.807, 2.05) is 6.07 Å². The molecular formula is C32H40ClN3O5S. The van der Waals surface area contributed by atoms with Gasteiger partial charge in [0.1, 0.15) is 5.75 Å². The zero-order chi connectivity index (χ0) is 29.5. The van der Waals surface area contributed by atoms with Crippen LogP contribution in [0.25, 0.3) is 0 Å². The lowest BCUT2D eigenvalue weighted by Gasteiger charge is -2.47. The number of benzene rings is 2. The molecule has 2 bridgehead atoms. The van der Waals surface area contributed by atoms with Crippen LogP contribution in [0.15, 0.2) is 36.4 Å². The van der Waals surface area contributed by atoms with E-state index in [2.05, 4.69) is 27.1 Å².